The third kappa shape index (κ3) is 3.87. The predicted octanol–water partition coefficient (Wildman–Crippen LogP) is 3.92. The first-order chi connectivity index (χ1) is 16.9. The van der Waals surface area contributed by atoms with E-state index in [9.17, 15) is 19.5 Å². The van der Waals surface area contributed by atoms with Crippen LogP contribution in [0.3, 0.4) is 0 Å². The smallest absolute Gasteiger partial charge is 0.407 e. The standard InChI is InChI=1S/C28H30N2O5/c31-25(32)17-11-16-13-24(22(16)12-17)30-26(33)28(9-10-28)15-29-27(34)35-14-23-20-7-3-1-5-18(20)19-6-2-4-8-21(19)23/h1-8,16-17,22-24H,9-15H2,(H,29,34)(H,30,33)(H,31,32). The van der Waals surface area contributed by atoms with Crippen molar-refractivity contribution in [2.24, 2.45) is 23.2 Å². The molecule has 0 aliphatic heterocycles. The van der Waals surface area contributed by atoms with Crippen molar-refractivity contribution in [3.63, 3.8) is 0 Å². The lowest BCUT2D eigenvalue weighted by atomic mass is 9.71. The fourth-order valence-corrected chi connectivity index (χ4v) is 6.44. The molecule has 4 unspecified atom stereocenters. The molecule has 2 amide bonds. The van der Waals surface area contributed by atoms with Gasteiger partial charge >= 0.3 is 12.1 Å². The zero-order valence-corrected chi connectivity index (χ0v) is 19.5. The van der Waals surface area contributed by atoms with Gasteiger partial charge in [0.2, 0.25) is 5.91 Å². The number of rotatable bonds is 7. The lowest BCUT2D eigenvalue weighted by Gasteiger charge is -2.41. The second-order valence-corrected chi connectivity index (χ2v) is 10.7. The lowest BCUT2D eigenvalue weighted by Crippen LogP contribution is -2.53. The van der Waals surface area contributed by atoms with Gasteiger partial charge in [0.05, 0.1) is 11.3 Å². The van der Waals surface area contributed by atoms with Crippen LogP contribution in [0.25, 0.3) is 11.1 Å². The van der Waals surface area contributed by atoms with E-state index in [2.05, 4.69) is 34.9 Å². The highest BCUT2D eigenvalue weighted by Crippen LogP contribution is 2.51. The molecule has 0 aromatic heterocycles. The summed E-state index contributed by atoms with van der Waals surface area (Å²) in [6, 6.07) is 16.5. The zero-order valence-electron chi connectivity index (χ0n) is 19.5. The van der Waals surface area contributed by atoms with Crippen LogP contribution >= 0.6 is 0 Å². The van der Waals surface area contributed by atoms with Gasteiger partial charge in [-0.1, -0.05) is 48.5 Å². The SMILES string of the molecule is O=C(NCC1(C(=O)NC2CC3CC(C(=O)O)CC32)CC1)OCC1c2ccccc2-c2ccccc21. The van der Waals surface area contributed by atoms with Gasteiger partial charge < -0.3 is 20.5 Å². The van der Waals surface area contributed by atoms with Crippen molar-refractivity contribution in [1.29, 1.82) is 0 Å². The minimum Gasteiger partial charge on any atom is -0.481 e. The van der Waals surface area contributed by atoms with Crippen LogP contribution in [0.1, 0.15) is 49.1 Å². The van der Waals surface area contributed by atoms with E-state index in [0.717, 1.165) is 36.8 Å². The predicted molar refractivity (Wildman–Crippen MR) is 129 cm³/mol. The van der Waals surface area contributed by atoms with Crippen molar-refractivity contribution in [3.05, 3.63) is 59.7 Å². The summed E-state index contributed by atoms with van der Waals surface area (Å²) in [5.74, 6) is -0.355. The Hall–Kier alpha value is -3.35. The topological polar surface area (TPSA) is 105 Å². The third-order valence-corrected chi connectivity index (χ3v) is 8.74. The normalized spacial score (nSPS) is 27.1. The van der Waals surface area contributed by atoms with E-state index in [4.69, 9.17) is 4.74 Å². The van der Waals surface area contributed by atoms with Crippen LogP contribution in [0.5, 0.6) is 0 Å². The summed E-state index contributed by atoms with van der Waals surface area (Å²) in [5.41, 5.74) is 4.12. The molecule has 3 fully saturated rings. The van der Waals surface area contributed by atoms with Crippen LogP contribution in [0, 0.1) is 23.2 Å². The summed E-state index contributed by atoms with van der Waals surface area (Å²) in [4.78, 5) is 36.8. The van der Waals surface area contributed by atoms with Crippen molar-refractivity contribution < 1.29 is 24.2 Å². The fourth-order valence-electron chi connectivity index (χ4n) is 6.44. The molecular weight excluding hydrogens is 444 g/mol. The number of carbonyl (C=O) groups is 3. The summed E-state index contributed by atoms with van der Waals surface area (Å²) in [6.07, 6.45) is 3.20. The van der Waals surface area contributed by atoms with Gasteiger partial charge in [0, 0.05) is 18.5 Å². The Balaban J connectivity index is 1.01. The van der Waals surface area contributed by atoms with Crippen molar-refractivity contribution in [2.75, 3.05) is 13.2 Å². The third-order valence-electron chi connectivity index (χ3n) is 8.74. The van der Waals surface area contributed by atoms with Crippen LogP contribution in [-0.2, 0) is 14.3 Å². The summed E-state index contributed by atoms with van der Waals surface area (Å²) in [7, 11) is 0. The number of nitrogens with one attached hydrogen (secondary N) is 2. The highest BCUT2D eigenvalue weighted by molar-refractivity contribution is 5.86. The molecule has 182 valence electrons. The number of alkyl carbamates (subject to hydrolysis) is 1. The van der Waals surface area contributed by atoms with Gasteiger partial charge in [-0.05, 0) is 66.2 Å². The summed E-state index contributed by atoms with van der Waals surface area (Å²) >= 11 is 0. The number of aliphatic carboxylic acids is 1. The van der Waals surface area contributed by atoms with Crippen molar-refractivity contribution in [1.82, 2.24) is 10.6 Å². The molecule has 3 saturated carbocycles. The van der Waals surface area contributed by atoms with Crippen molar-refractivity contribution >= 4 is 18.0 Å². The Morgan fingerprint density at radius 2 is 1.60 bits per heavy atom. The van der Waals surface area contributed by atoms with Crippen LogP contribution < -0.4 is 10.6 Å². The van der Waals surface area contributed by atoms with Gasteiger partial charge in [0.1, 0.15) is 6.61 Å². The number of amides is 2. The molecule has 0 bridgehead atoms. The summed E-state index contributed by atoms with van der Waals surface area (Å²) in [6.45, 7) is 0.503. The molecule has 2 aromatic rings. The number of ether oxygens (including phenoxy) is 1. The minimum atomic E-state index is -0.726. The van der Waals surface area contributed by atoms with Gasteiger partial charge in [0.15, 0.2) is 0 Å². The van der Waals surface area contributed by atoms with Crippen LogP contribution in [-0.4, -0.2) is 42.3 Å². The van der Waals surface area contributed by atoms with E-state index in [0.29, 0.717) is 12.3 Å². The quantitative estimate of drug-likeness (QED) is 0.564. The van der Waals surface area contributed by atoms with Gasteiger partial charge in [-0.2, -0.15) is 0 Å². The molecule has 0 spiro atoms. The van der Waals surface area contributed by atoms with Gasteiger partial charge in [-0.25, -0.2) is 4.79 Å². The zero-order chi connectivity index (χ0) is 24.2. The monoisotopic (exact) mass is 474 g/mol. The van der Waals surface area contributed by atoms with Crippen LogP contribution in [0.15, 0.2) is 48.5 Å². The Morgan fingerprint density at radius 1 is 0.943 bits per heavy atom. The highest BCUT2D eigenvalue weighted by Gasteiger charge is 2.54. The molecule has 6 rings (SSSR count). The highest BCUT2D eigenvalue weighted by atomic mass is 16.5. The number of carboxylic acid groups (broad SMARTS) is 1. The number of carbonyl (C=O) groups excluding carboxylic acids is 2. The Bertz CT molecular complexity index is 1140. The first-order valence-corrected chi connectivity index (χ1v) is 12.6. The molecule has 2 aromatic carbocycles. The lowest BCUT2D eigenvalue weighted by molar-refractivity contribution is -0.141. The second kappa shape index (κ2) is 8.40. The summed E-state index contributed by atoms with van der Waals surface area (Å²) < 4.78 is 5.61. The Labute approximate surface area is 204 Å². The molecule has 7 nitrogen and oxygen atoms in total. The molecule has 4 aliphatic carbocycles. The molecule has 0 saturated heterocycles. The van der Waals surface area contributed by atoms with Crippen molar-refractivity contribution in [2.45, 2.75) is 44.1 Å². The van der Waals surface area contributed by atoms with Gasteiger partial charge in [0.25, 0.3) is 0 Å². The van der Waals surface area contributed by atoms with Gasteiger partial charge in [-0.3, -0.25) is 9.59 Å². The number of hydrogen-bond donors (Lipinski definition) is 3. The van der Waals surface area contributed by atoms with E-state index < -0.39 is 17.5 Å². The molecule has 0 heterocycles. The summed E-state index contributed by atoms with van der Waals surface area (Å²) in [5, 5.41) is 15.2. The van der Waals surface area contributed by atoms with E-state index in [1.54, 1.807) is 0 Å². The molecule has 4 atom stereocenters. The molecule has 3 N–H and O–H groups in total. The van der Waals surface area contributed by atoms with E-state index >= 15 is 0 Å². The first-order valence-electron chi connectivity index (χ1n) is 12.6. The molecular formula is C28H30N2O5. The first kappa shape index (κ1) is 22.1. The largest absolute Gasteiger partial charge is 0.481 e. The maximum atomic E-state index is 13.0. The fraction of sp³-hybridized carbons (Fsp3) is 0.464. The second-order valence-electron chi connectivity index (χ2n) is 10.7. The minimum absolute atomic E-state index is 0.000985. The van der Waals surface area contributed by atoms with Crippen LogP contribution in [0.4, 0.5) is 4.79 Å². The molecule has 35 heavy (non-hydrogen) atoms. The maximum Gasteiger partial charge on any atom is 0.407 e. The number of hydrogen-bond acceptors (Lipinski definition) is 4. The van der Waals surface area contributed by atoms with E-state index in [1.165, 1.54) is 11.1 Å². The number of carboxylic acids is 1. The molecule has 4 aliphatic rings. The average Bonchev–Trinajstić information content (AvgIpc) is 3.48. The Morgan fingerprint density at radius 3 is 2.23 bits per heavy atom. The van der Waals surface area contributed by atoms with Gasteiger partial charge in [-0.15, -0.1) is 0 Å². The molecule has 7 heteroatoms. The number of fused-ring (bicyclic) bond motifs is 4. The van der Waals surface area contributed by atoms with E-state index in [-0.39, 0.29) is 42.9 Å². The average molecular weight is 475 g/mol. The van der Waals surface area contributed by atoms with Crippen LogP contribution in [0.2, 0.25) is 0 Å². The van der Waals surface area contributed by atoms with Crippen molar-refractivity contribution in [3.8, 4) is 11.1 Å². The molecule has 0 radical (unpaired) electrons. The van der Waals surface area contributed by atoms with E-state index in [1.807, 2.05) is 24.3 Å². The Kier molecular flexibility index (Phi) is 5.31. The maximum absolute atomic E-state index is 13.0. The number of benzene rings is 2.